The first-order valence-electron chi connectivity index (χ1n) is 9.25. The molecule has 29 heavy (non-hydrogen) atoms. The van der Waals surface area contributed by atoms with Crippen molar-refractivity contribution in [2.24, 2.45) is 4.99 Å². The Morgan fingerprint density at radius 3 is 2.55 bits per heavy atom. The van der Waals surface area contributed by atoms with Crippen molar-refractivity contribution in [3.05, 3.63) is 41.5 Å². The van der Waals surface area contributed by atoms with Crippen LogP contribution in [0.3, 0.4) is 0 Å². The largest absolute Gasteiger partial charge is 0.416 e. The summed E-state index contributed by atoms with van der Waals surface area (Å²) in [6.07, 6.45) is -3.16. The standard InChI is InChI=1S/C20H24F3NO4S/c1-18(2,25)17-9-13(12-24-17)16-11-19(3,7-8-28-16)29(26,27)15-6-4-5-14(10-15)20(21,22)23/h4-6,9-10,16,25H,7-8,11-12H2,1-3H3. The highest BCUT2D eigenvalue weighted by Crippen LogP contribution is 2.40. The molecule has 5 nitrogen and oxygen atoms in total. The van der Waals surface area contributed by atoms with Gasteiger partial charge in [0.1, 0.15) is 5.60 Å². The van der Waals surface area contributed by atoms with Gasteiger partial charge in [-0.3, -0.25) is 4.99 Å². The lowest BCUT2D eigenvalue weighted by Crippen LogP contribution is -2.45. The Balaban J connectivity index is 1.89. The lowest BCUT2D eigenvalue weighted by Gasteiger charge is -2.38. The van der Waals surface area contributed by atoms with Crippen LogP contribution in [-0.2, 0) is 20.8 Å². The summed E-state index contributed by atoms with van der Waals surface area (Å²) in [7, 11) is -4.04. The summed E-state index contributed by atoms with van der Waals surface area (Å²) in [5.41, 5.74) is -0.868. The highest BCUT2D eigenvalue weighted by Gasteiger charge is 2.46. The number of aliphatic imine (C=N–C) groups is 1. The Hall–Kier alpha value is -1.71. The molecule has 9 heteroatoms. The first kappa shape index (κ1) is 22.0. The fourth-order valence-electron chi connectivity index (χ4n) is 3.58. The Bertz CT molecular complexity index is 961. The van der Waals surface area contributed by atoms with Crippen molar-refractivity contribution in [1.82, 2.24) is 0 Å². The Morgan fingerprint density at radius 1 is 1.28 bits per heavy atom. The summed E-state index contributed by atoms with van der Waals surface area (Å²) < 4.78 is 70.1. The van der Waals surface area contributed by atoms with E-state index in [0.717, 1.165) is 17.7 Å². The van der Waals surface area contributed by atoms with Crippen LogP contribution in [0.5, 0.6) is 0 Å². The van der Waals surface area contributed by atoms with Gasteiger partial charge < -0.3 is 9.84 Å². The normalized spacial score (nSPS) is 26.2. The van der Waals surface area contributed by atoms with Gasteiger partial charge in [-0.05, 0) is 63.5 Å². The van der Waals surface area contributed by atoms with Crippen LogP contribution in [0.15, 0.2) is 45.8 Å². The number of ether oxygens (including phenoxy) is 1. The van der Waals surface area contributed by atoms with E-state index >= 15 is 0 Å². The van der Waals surface area contributed by atoms with E-state index < -0.39 is 38.0 Å². The highest BCUT2D eigenvalue weighted by atomic mass is 32.2. The molecule has 1 N–H and O–H groups in total. The molecule has 160 valence electrons. The molecule has 2 aliphatic rings. The summed E-state index contributed by atoms with van der Waals surface area (Å²) in [6, 6.07) is 3.85. The predicted molar refractivity (Wildman–Crippen MR) is 103 cm³/mol. The quantitative estimate of drug-likeness (QED) is 0.791. The van der Waals surface area contributed by atoms with Crippen LogP contribution in [0.2, 0.25) is 0 Å². The molecule has 3 rings (SSSR count). The smallest absolute Gasteiger partial charge is 0.384 e. The SMILES string of the molecule is CC(C)(O)C1=NCC(C2CC(C)(S(=O)(=O)c3cccc(C(F)(F)F)c3)CCO2)=C1. The molecule has 2 unspecified atom stereocenters. The van der Waals surface area contributed by atoms with Crippen LogP contribution >= 0.6 is 0 Å². The summed E-state index contributed by atoms with van der Waals surface area (Å²) in [5.74, 6) is 0. The number of rotatable bonds is 4. The van der Waals surface area contributed by atoms with Gasteiger partial charge in [0, 0.05) is 6.61 Å². The number of hydrogen-bond acceptors (Lipinski definition) is 5. The molecule has 0 aromatic heterocycles. The average Bonchev–Trinajstić information content (AvgIpc) is 3.12. The second kappa shape index (κ2) is 7.21. The van der Waals surface area contributed by atoms with Crippen LogP contribution in [0.1, 0.15) is 39.2 Å². The van der Waals surface area contributed by atoms with Crippen molar-refractivity contribution in [2.45, 2.75) is 61.1 Å². The maximum absolute atomic E-state index is 13.3. The molecule has 1 aromatic carbocycles. The highest BCUT2D eigenvalue weighted by molar-refractivity contribution is 7.92. The third-order valence-corrected chi connectivity index (χ3v) is 8.02. The van der Waals surface area contributed by atoms with Gasteiger partial charge >= 0.3 is 6.18 Å². The third kappa shape index (κ3) is 4.27. The number of hydrogen-bond donors (Lipinski definition) is 1. The van der Waals surface area contributed by atoms with Crippen molar-refractivity contribution in [2.75, 3.05) is 13.2 Å². The van der Waals surface area contributed by atoms with E-state index in [-0.39, 0.29) is 24.3 Å². The maximum Gasteiger partial charge on any atom is 0.416 e. The molecule has 0 bridgehead atoms. The van der Waals surface area contributed by atoms with Gasteiger partial charge in [0.2, 0.25) is 0 Å². The molecule has 2 heterocycles. The summed E-state index contributed by atoms with van der Waals surface area (Å²) in [5, 5.41) is 10.1. The van der Waals surface area contributed by atoms with Crippen LogP contribution in [0.4, 0.5) is 13.2 Å². The molecule has 0 radical (unpaired) electrons. The van der Waals surface area contributed by atoms with E-state index in [4.69, 9.17) is 4.74 Å². The first-order valence-corrected chi connectivity index (χ1v) is 10.7. The second-order valence-corrected chi connectivity index (χ2v) is 10.7. The first-order chi connectivity index (χ1) is 13.2. The van der Waals surface area contributed by atoms with E-state index in [2.05, 4.69) is 4.99 Å². The molecule has 1 saturated heterocycles. The number of nitrogens with zero attached hydrogens (tertiary/aromatic N) is 1. The zero-order valence-corrected chi connectivity index (χ0v) is 17.3. The molecule has 2 atom stereocenters. The van der Waals surface area contributed by atoms with Gasteiger partial charge in [-0.25, -0.2) is 8.42 Å². The molecular formula is C20H24F3NO4S. The van der Waals surface area contributed by atoms with Gasteiger partial charge in [0.15, 0.2) is 9.84 Å². The Labute approximate surface area is 168 Å². The minimum Gasteiger partial charge on any atom is -0.384 e. The summed E-state index contributed by atoms with van der Waals surface area (Å²) in [4.78, 5) is 3.95. The molecular weight excluding hydrogens is 407 g/mol. The van der Waals surface area contributed by atoms with Crippen molar-refractivity contribution in [1.29, 1.82) is 0 Å². The van der Waals surface area contributed by atoms with Gasteiger partial charge in [-0.2, -0.15) is 13.2 Å². The van der Waals surface area contributed by atoms with Crippen molar-refractivity contribution in [3.63, 3.8) is 0 Å². The zero-order valence-electron chi connectivity index (χ0n) is 16.5. The van der Waals surface area contributed by atoms with Gasteiger partial charge in [0.25, 0.3) is 0 Å². The lowest BCUT2D eigenvalue weighted by atomic mass is 9.91. The summed E-state index contributed by atoms with van der Waals surface area (Å²) >= 11 is 0. The molecule has 1 aromatic rings. The monoisotopic (exact) mass is 431 g/mol. The Kier molecular flexibility index (Phi) is 5.47. The second-order valence-electron chi connectivity index (χ2n) is 8.27. The number of halogens is 3. The molecule has 1 fully saturated rings. The van der Waals surface area contributed by atoms with Crippen LogP contribution in [0, 0.1) is 0 Å². The summed E-state index contributed by atoms with van der Waals surface area (Å²) in [6.45, 7) is 5.22. The molecule has 0 spiro atoms. The minimum atomic E-state index is -4.62. The van der Waals surface area contributed by atoms with Crippen molar-refractivity contribution >= 4 is 15.5 Å². The number of benzene rings is 1. The average molecular weight is 431 g/mol. The van der Waals surface area contributed by atoms with E-state index in [9.17, 15) is 26.7 Å². The van der Waals surface area contributed by atoms with Crippen LogP contribution < -0.4 is 0 Å². The molecule has 0 saturated carbocycles. The third-order valence-electron chi connectivity index (χ3n) is 5.48. The van der Waals surface area contributed by atoms with Crippen LogP contribution in [-0.4, -0.2) is 48.8 Å². The minimum absolute atomic E-state index is 0.103. The van der Waals surface area contributed by atoms with E-state index in [1.807, 2.05) is 0 Å². The van der Waals surface area contributed by atoms with E-state index in [0.29, 0.717) is 18.3 Å². The molecule has 0 amide bonds. The van der Waals surface area contributed by atoms with Crippen molar-refractivity contribution < 1.29 is 31.4 Å². The molecule has 0 aliphatic carbocycles. The number of alkyl halides is 3. The number of aliphatic hydroxyl groups is 1. The topological polar surface area (TPSA) is 76.0 Å². The van der Waals surface area contributed by atoms with E-state index in [1.54, 1.807) is 26.8 Å². The van der Waals surface area contributed by atoms with Gasteiger partial charge in [0.05, 0.1) is 33.6 Å². The fourth-order valence-corrected chi connectivity index (χ4v) is 5.42. The van der Waals surface area contributed by atoms with E-state index in [1.165, 1.54) is 6.07 Å². The fraction of sp³-hybridized carbons (Fsp3) is 0.550. The molecule has 2 aliphatic heterocycles. The predicted octanol–water partition coefficient (Wildman–Crippen LogP) is 3.57. The maximum atomic E-state index is 13.3. The van der Waals surface area contributed by atoms with Crippen LogP contribution in [0.25, 0.3) is 0 Å². The van der Waals surface area contributed by atoms with Gasteiger partial charge in [-0.1, -0.05) is 6.07 Å². The lowest BCUT2D eigenvalue weighted by molar-refractivity contribution is -0.137. The number of sulfone groups is 1. The zero-order chi connectivity index (χ0) is 21.7. The Morgan fingerprint density at radius 2 is 1.97 bits per heavy atom. The van der Waals surface area contributed by atoms with Crippen molar-refractivity contribution in [3.8, 4) is 0 Å². The van der Waals surface area contributed by atoms with Gasteiger partial charge in [-0.15, -0.1) is 0 Å².